The highest BCUT2D eigenvalue weighted by Gasteiger charge is 2.32. The van der Waals surface area contributed by atoms with E-state index in [9.17, 15) is 4.79 Å². The van der Waals surface area contributed by atoms with E-state index in [1.807, 2.05) is 6.92 Å². The van der Waals surface area contributed by atoms with E-state index in [1.165, 1.54) is 19.3 Å². The monoisotopic (exact) mass is 212 g/mol. The van der Waals surface area contributed by atoms with Crippen molar-refractivity contribution in [2.45, 2.75) is 47.0 Å². The Hall–Kier alpha value is -0.530. The van der Waals surface area contributed by atoms with Gasteiger partial charge < -0.3 is 5.11 Å². The predicted molar refractivity (Wildman–Crippen MR) is 61.6 cm³/mol. The van der Waals surface area contributed by atoms with Crippen molar-refractivity contribution in [2.75, 3.05) is 0 Å². The van der Waals surface area contributed by atoms with Gasteiger partial charge in [0, 0.05) is 0 Å². The van der Waals surface area contributed by atoms with Gasteiger partial charge in [0.15, 0.2) is 0 Å². The Morgan fingerprint density at radius 1 is 1.20 bits per heavy atom. The van der Waals surface area contributed by atoms with Crippen molar-refractivity contribution in [2.24, 2.45) is 29.6 Å². The van der Waals surface area contributed by atoms with Gasteiger partial charge >= 0.3 is 5.97 Å². The molecule has 15 heavy (non-hydrogen) atoms. The maximum atomic E-state index is 10.9. The number of hydrogen-bond acceptors (Lipinski definition) is 1. The van der Waals surface area contributed by atoms with Gasteiger partial charge in [-0.05, 0) is 36.5 Å². The van der Waals surface area contributed by atoms with Crippen molar-refractivity contribution in [3.63, 3.8) is 0 Å². The Bertz CT molecular complexity index is 225. The third-order valence-electron chi connectivity index (χ3n) is 4.56. The van der Waals surface area contributed by atoms with Gasteiger partial charge in [0.1, 0.15) is 0 Å². The summed E-state index contributed by atoms with van der Waals surface area (Å²) in [7, 11) is 0. The molecule has 1 fully saturated rings. The van der Waals surface area contributed by atoms with Gasteiger partial charge in [0.25, 0.3) is 0 Å². The molecule has 2 heteroatoms. The number of hydrogen-bond donors (Lipinski definition) is 1. The van der Waals surface area contributed by atoms with Crippen molar-refractivity contribution in [3.8, 4) is 0 Å². The molecule has 0 saturated heterocycles. The lowest BCUT2D eigenvalue weighted by Crippen LogP contribution is -2.30. The largest absolute Gasteiger partial charge is 0.481 e. The topological polar surface area (TPSA) is 37.3 Å². The number of rotatable bonds is 3. The standard InChI is InChI=1S/C13H24O2/c1-8-5-6-12(7-9(8)2)10(3)11(4)13(14)15/h8-12H,5-7H2,1-4H3,(H,14,15). The summed E-state index contributed by atoms with van der Waals surface area (Å²) in [6.07, 6.45) is 3.69. The van der Waals surface area contributed by atoms with Crippen LogP contribution in [0.3, 0.4) is 0 Å². The van der Waals surface area contributed by atoms with E-state index in [-0.39, 0.29) is 5.92 Å². The van der Waals surface area contributed by atoms with Crippen LogP contribution in [0.5, 0.6) is 0 Å². The van der Waals surface area contributed by atoms with Crippen LogP contribution in [0.25, 0.3) is 0 Å². The minimum atomic E-state index is -0.645. The molecule has 0 aromatic carbocycles. The molecule has 5 unspecified atom stereocenters. The third-order valence-corrected chi connectivity index (χ3v) is 4.56. The highest BCUT2D eigenvalue weighted by Crippen LogP contribution is 2.39. The van der Waals surface area contributed by atoms with Crippen LogP contribution in [0, 0.1) is 29.6 Å². The fraction of sp³-hybridized carbons (Fsp3) is 0.923. The van der Waals surface area contributed by atoms with E-state index in [4.69, 9.17) is 5.11 Å². The van der Waals surface area contributed by atoms with Crippen molar-refractivity contribution < 1.29 is 9.90 Å². The zero-order chi connectivity index (χ0) is 11.6. The Kier molecular flexibility index (Phi) is 4.18. The molecule has 0 aromatic rings. The quantitative estimate of drug-likeness (QED) is 0.778. The summed E-state index contributed by atoms with van der Waals surface area (Å²) in [6.45, 7) is 8.56. The summed E-state index contributed by atoms with van der Waals surface area (Å²) in [6, 6.07) is 0. The average molecular weight is 212 g/mol. The fourth-order valence-corrected chi connectivity index (χ4v) is 2.70. The van der Waals surface area contributed by atoms with Gasteiger partial charge in [-0.25, -0.2) is 0 Å². The van der Waals surface area contributed by atoms with Gasteiger partial charge in [-0.15, -0.1) is 0 Å². The van der Waals surface area contributed by atoms with Gasteiger partial charge in [0.05, 0.1) is 5.92 Å². The zero-order valence-corrected chi connectivity index (χ0v) is 10.4. The Morgan fingerprint density at radius 2 is 1.80 bits per heavy atom. The summed E-state index contributed by atoms with van der Waals surface area (Å²) >= 11 is 0. The molecule has 1 N–H and O–H groups in total. The summed E-state index contributed by atoms with van der Waals surface area (Å²) in [5, 5.41) is 9.00. The second-order valence-corrected chi connectivity index (χ2v) is 5.51. The predicted octanol–water partition coefficient (Wildman–Crippen LogP) is 3.42. The molecule has 0 spiro atoms. The molecule has 0 aromatic heterocycles. The maximum absolute atomic E-state index is 10.9. The van der Waals surface area contributed by atoms with Crippen molar-refractivity contribution in [1.29, 1.82) is 0 Å². The minimum absolute atomic E-state index is 0.199. The van der Waals surface area contributed by atoms with Crippen LogP contribution >= 0.6 is 0 Å². The average Bonchev–Trinajstić information content (AvgIpc) is 2.19. The van der Waals surface area contributed by atoms with Crippen LogP contribution in [-0.2, 0) is 4.79 Å². The molecular formula is C13H24O2. The molecular weight excluding hydrogens is 188 g/mol. The Morgan fingerprint density at radius 3 is 2.27 bits per heavy atom. The van der Waals surface area contributed by atoms with Gasteiger partial charge in [-0.1, -0.05) is 34.1 Å². The maximum Gasteiger partial charge on any atom is 0.306 e. The lowest BCUT2D eigenvalue weighted by atomic mass is 9.69. The van der Waals surface area contributed by atoms with Crippen molar-refractivity contribution in [1.82, 2.24) is 0 Å². The Balaban J connectivity index is 2.54. The molecule has 0 amide bonds. The second kappa shape index (κ2) is 5.00. The molecule has 1 rings (SSSR count). The zero-order valence-electron chi connectivity index (χ0n) is 10.4. The molecule has 0 radical (unpaired) electrons. The summed E-state index contributed by atoms with van der Waals surface area (Å²) < 4.78 is 0. The first-order valence-corrected chi connectivity index (χ1v) is 6.16. The molecule has 2 nitrogen and oxygen atoms in total. The number of carboxylic acids is 1. The molecule has 0 aliphatic heterocycles. The minimum Gasteiger partial charge on any atom is -0.481 e. The van der Waals surface area contributed by atoms with Gasteiger partial charge in [-0.2, -0.15) is 0 Å². The van der Waals surface area contributed by atoms with Gasteiger partial charge in [-0.3, -0.25) is 4.79 Å². The molecule has 1 saturated carbocycles. The SMILES string of the molecule is CC1CCC(C(C)C(C)C(=O)O)CC1C. The Labute approximate surface area is 93.1 Å². The van der Waals surface area contributed by atoms with Crippen LogP contribution in [0.1, 0.15) is 47.0 Å². The van der Waals surface area contributed by atoms with Gasteiger partial charge in [0.2, 0.25) is 0 Å². The first-order valence-electron chi connectivity index (χ1n) is 6.16. The molecule has 0 heterocycles. The summed E-state index contributed by atoms with van der Waals surface area (Å²) in [5.41, 5.74) is 0. The van der Waals surface area contributed by atoms with Crippen LogP contribution in [0.2, 0.25) is 0 Å². The van der Waals surface area contributed by atoms with Crippen LogP contribution in [0.15, 0.2) is 0 Å². The molecule has 1 aliphatic carbocycles. The molecule has 5 atom stereocenters. The van der Waals surface area contributed by atoms with E-state index >= 15 is 0 Å². The van der Waals surface area contributed by atoms with Crippen LogP contribution in [-0.4, -0.2) is 11.1 Å². The van der Waals surface area contributed by atoms with Crippen molar-refractivity contribution in [3.05, 3.63) is 0 Å². The second-order valence-electron chi connectivity index (χ2n) is 5.51. The van der Waals surface area contributed by atoms with E-state index in [0.29, 0.717) is 11.8 Å². The van der Waals surface area contributed by atoms with Crippen LogP contribution < -0.4 is 0 Å². The summed E-state index contributed by atoms with van der Waals surface area (Å²) in [4.78, 5) is 10.9. The summed E-state index contributed by atoms with van der Waals surface area (Å²) in [5.74, 6) is 1.66. The van der Waals surface area contributed by atoms with Crippen molar-refractivity contribution >= 4 is 5.97 Å². The smallest absolute Gasteiger partial charge is 0.306 e. The normalized spacial score (nSPS) is 35.9. The van der Waals surface area contributed by atoms with E-state index in [2.05, 4.69) is 20.8 Å². The lowest BCUT2D eigenvalue weighted by Gasteiger charge is -2.36. The first kappa shape index (κ1) is 12.5. The first-order chi connectivity index (χ1) is 6.93. The molecule has 1 aliphatic rings. The third kappa shape index (κ3) is 2.96. The molecule has 0 bridgehead atoms. The number of carbonyl (C=O) groups is 1. The fourth-order valence-electron chi connectivity index (χ4n) is 2.70. The highest BCUT2D eigenvalue weighted by molar-refractivity contribution is 5.69. The van der Waals surface area contributed by atoms with E-state index in [1.54, 1.807) is 0 Å². The highest BCUT2D eigenvalue weighted by atomic mass is 16.4. The lowest BCUT2D eigenvalue weighted by molar-refractivity contribution is -0.143. The molecule has 88 valence electrons. The van der Waals surface area contributed by atoms with Crippen LogP contribution in [0.4, 0.5) is 0 Å². The number of aliphatic carboxylic acids is 1. The van der Waals surface area contributed by atoms with E-state index < -0.39 is 5.97 Å². The number of carboxylic acid groups (broad SMARTS) is 1. The van der Waals surface area contributed by atoms with E-state index in [0.717, 1.165) is 11.8 Å².